The van der Waals surface area contributed by atoms with Gasteiger partial charge in [-0.2, -0.15) is 0 Å². The Balaban J connectivity index is 1.42. The zero-order chi connectivity index (χ0) is 13.1. The normalized spacial score (nSPS) is 26.3. The molecule has 2 aliphatic rings. The molecule has 2 heterocycles. The van der Waals surface area contributed by atoms with E-state index >= 15 is 0 Å². The van der Waals surface area contributed by atoms with Crippen LogP contribution in [0.25, 0.3) is 0 Å². The molecule has 2 aliphatic heterocycles. The van der Waals surface area contributed by atoms with Crippen LogP contribution in [0.15, 0.2) is 30.3 Å². The smallest absolute Gasteiger partial charge is 0.234 e. The molecule has 1 aromatic rings. The molecular weight excluding hydrogens is 238 g/mol. The Morgan fingerprint density at radius 3 is 2.58 bits per heavy atom. The van der Waals surface area contributed by atoms with Gasteiger partial charge in [0.05, 0.1) is 6.54 Å². The van der Waals surface area contributed by atoms with Gasteiger partial charge >= 0.3 is 0 Å². The van der Waals surface area contributed by atoms with E-state index in [1.807, 2.05) is 30.3 Å². The molecular formula is C15H21N3O. The lowest BCUT2D eigenvalue weighted by Crippen LogP contribution is -2.37. The Bertz CT molecular complexity index is 422. The summed E-state index contributed by atoms with van der Waals surface area (Å²) in [5.41, 5.74) is 1.15. The number of likely N-dealkylation sites (tertiary alicyclic amines) is 1. The molecule has 4 heteroatoms. The fraction of sp³-hybridized carbons (Fsp3) is 0.533. The molecule has 2 N–H and O–H groups in total. The van der Waals surface area contributed by atoms with Crippen LogP contribution in [-0.2, 0) is 11.3 Å². The second-order valence-electron chi connectivity index (χ2n) is 5.63. The van der Waals surface area contributed by atoms with Crippen LogP contribution in [0.4, 0.5) is 0 Å². The Labute approximate surface area is 114 Å². The van der Waals surface area contributed by atoms with E-state index in [0.29, 0.717) is 13.1 Å². The van der Waals surface area contributed by atoms with Crippen molar-refractivity contribution in [1.82, 2.24) is 15.5 Å². The van der Waals surface area contributed by atoms with Crippen molar-refractivity contribution in [2.45, 2.75) is 6.54 Å². The van der Waals surface area contributed by atoms with Crippen LogP contribution < -0.4 is 10.6 Å². The van der Waals surface area contributed by atoms with Crippen LogP contribution in [0.5, 0.6) is 0 Å². The molecule has 2 saturated heterocycles. The van der Waals surface area contributed by atoms with Gasteiger partial charge in [0.2, 0.25) is 5.91 Å². The number of carbonyl (C=O) groups excluding carboxylic acids is 1. The van der Waals surface area contributed by atoms with Crippen LogP contribution in [0.1, 0.15) is 5.56 Å². The van der Waals surface area contributed by atoms with Crippen LogP contribution in [0.2, 0.25) is 0 Å². The van der Waals surface area contributed by atoms with Crippen molar-refractivity contribution in [3.63, 3.8) is 0 Å². The number of nitrogens with zero attached hydrogens (tertiary/aromatic N) is 1. The zero-order valence-corrected chi connectivity index (χ0v) is 11.1. The molecule has 1 amide bonds. The summed E-state index contributed by atoms with van der Waals surface area (Å²) in [6.07, 6.45) is 0. The lowest BCUT2D eigenvalue weighted by Gasteiger charge is -2.16. The molecule has 0 radical (unpaired) electrons. The summed E-state index contributed by atoms with van der Waals surface area (Å²) in [4.78, 5) is 14.2. The average Bonchev–Trinajstić information content (AvgIpc) is 2.98. The Kier molecular flexibility index (Phi) is 3.80. The predicted molar refractivity (Wildman–Crippen MR) is 74.6 cm³/mol. The summed E-state index contributed by atoms with van der Waals surface area (Å²) in [5, 5.41) is 6.41. The molecule has 2 fully saturated rings. The van der Waals surface area contributed by atoms with Crippen LogP contribution in [0, 0.1) is 11.8 Å². The van der Waals surface area contributed by atoms with Gasteiger partial charge in [-0.05, 0) is 30.5 Å². The molecule has 102 valence electrons. The molecule has 19 heavy (non-hydrogen) atoms. The van der Waals surface area contributed by atoms with Crippen molar-refractivity contribution in [2.75, 3.05) is 32.7 Å². The summed E-state index contributed by atoms with van der Waals surface area (Å²) in [6.45, 7) is 5.54. The fourth-order valence-corrected chi connectivity index (χ4v) is 3.14. The molecule has 0 bridgehead atoms. The molecule has 0 unspecified atom stereocenters. The highest BCUT2D eigenvalue weighted by Crippen LogP contribution is 2.25. The van der Waals surface area contributed by atoms with Crippen molar-refractivity contribution < 1.29 is 4.79 Å². The highest BCUT2D eigenvalue weighted by Gasteiger charge is 2.36. The van der Waals surface area contributed by atoms with Crippen LogP contribution in [0.3, 0.4) is 0 Å². The Morgan fingerprint density at radius 1 is 1.21 bits per heavy atom. The molecule has 0 aliphatic carbocycles. The molecule has 2 atom stereocenters. The molecule has 0 saturated carbocycles. The van der Waals surface area contributed by atoms with E-state index in [1.54, 1.807) is 0 Å². The third kappa shape index (κ3) is 3.14. The molecule has 3 rings (SSSR count). The lowest BCUT2D eigenvalue weighted by molar-refractivity contribution is -0.122. The SMILES string of the molecule is O=C(CN1C[C@H]2CNC[C@H]2C1)NCc1ccccc1. The third-order valence-electron chi connectivity index (χ3n) is 4.16. The van der Waals surface area contributed by atoms with Crippen LogP contribution >= 0.6 is 0 Å². The number of carbonyl (C=O) groups is 1. The quantitative estimate of drug-likeness (QED) is 0.825. The highest BCUT2D eigenvalue weighted by molar-refractivity contribution is 5.78. The van der Waals surface area contributed by atoms with E-state index in [0.717, 1.165) is 43.6 Å². The molecule has 1 aromatic carbocycles. The lowest BCUT2D eigenvalue weighted by atomic mass is 10.0. The van der Waals surface area contributed by atoms with E-state index in [1.165, 1.54) is 0 Å². The van der Waals surface area contributed by atoms with Gasteiger partial charge in [0, 0.05) is 19.6 Å². The number of amides is 1. The number of fused-ring (bicyclic) bond motifs is 1. The van der Waals surface area contributed by atoms with Gasteiger partial charge in [0.15, 0.2) is 0 Å². The minimum absolute atomic E-state index is 0.136. The van der Waals surface area contributed by atoms with Gasteiger partial charge in [-0.25, -0.2) is 0 Å². The second-order valence-corrected chi connectivity index (χ2v) is 5.63. The molecule has 0 spiro atoms. The van der Waals surface area contributed by atoms with Gasteiger partial charge in [-0.1, -0.05) is 30.3 Å². The number of hydrogen-bond donors (Lipinski definition) is 2. The molecule has 0 aromatic heterocycles. The first-order valence-electron chi connectivity index (χ1n) is 7.05. The Morgan fingerprint density at radius 2 is 1.89 bits per heavy atom. The van der Waals surface area contributed by atoms with E-state index in [4.69, 9.17) is 0 Å². The monoisotopic (exact) mass is 259 g/mol. The molecule has 4 nitrogen and oxygen atoms in total. The van der Waals surface area contributed by atoms with Gasteiger partial charge in [-0.3, -0.25) is 9.69 Å². The van der Waals surface area contributed by atoms with E-state index in [2.05, 4.69) is 15.5 Å². The van der Waals surface area contributed by atoms with Crippen molar-refractivity contribution in [3.05, 3.63) is 35.9 Å². The van der Waals surface area contributed by atoms with E-state index in [9.17, 15) is 4.79 Å². The van der Waals surface area contributed by atoms with Crippen molar-refractivity contribution in [2.24, 2.45) is 11.8 Å². The maximum absolute atomic E-state index is 11.9. The highest BCUT2D eigenvalue weighted by atomic mass is 16.2. The number of benzene rings is 1. The van der Waals surface area contributed by atoms with Crippen LogP contribution in [-0.4, -0.2) is 43.5 Å². The van der Waals surface area contributed by atoms with Crippen molar-refractivity contribution >= 4 is 5.91 Å². The maximum Gasteiger partial charge on any atom is 0.234 e. The van der Waals surface area contributed by atoms with Crippen molar-refractivity contribution in [1.29, 1.82) is 0 Å². The van der Waals surface area contributed by atoms with E-state index < -0.39 is 0 Å². The summed E-state index contributed by atoms with van der Waals surface area (Å²) in [7, 11) is 0. The number of nitrogens with one attached hydrogen (secondary N) is 2. The number of rotatable bonds is 4. The third-order valence-corrected chi connectivity index (χ3v) is 4.16. The first-order chi connectivity index (χ1) is 9.31. The van der Waals surface area contributed by atoms with Gasteiger partial charge in [-0.15, -0.1) is 0 Å². The largest absolute Gasteiger partial charge is 0.351 e. The summed E-state index contributed by atoms with van der Waals surface area (Å²) < 4.78 is 0. The first kappa shape index (κ1) is 12.6. The Hall–Kier alpha value is -1.39. The first-order valence-corrected chi connectivity index (χ1v) is 7.05. The minimum Gasteiger partial charge on any atom is -0.351 e. The van der Waals surface area contributed by atoms with Gasteiger partial charge in [0.1, 0.15) is 0 Å². The van der Waals surface area contributed by atoms with Gasteiger partial charge in [0.25, 0.3) is 0 Å². The standard InChI is InChI=1S/C15H21N3O/c19-15(17-6-12-4-2-1-3-5-12)11-18-9-13-7-16-8-14(13)10-18/h1-5,13-14,16H,6-11H2,(H,17,19)/t13-,14+. The van der Waals surface area contributed by atoms with Crippen molar-refractivity contribution in [3.8, 4) is 0 Å². The fourth-order valence-electron chi connectivity index (χ4n) is 3.14. The average molecular weight is 259 g/mol. The maximum atomic E-state index is 11.9. The summed E-state index contributed by atoms with van der Waals surface area (Å²) in [5.74, 6) is 1.64. The second kappa shape index (κ2) is 5.72. The topological polar surface area (TPSA) is 44.4 Å². The minimum atomic E-state index is 0.136. The van der Waals surface area contributed by atoms with E-state index in [-0.39, 0.29) is 5.91 Å². The van der Waals surface area contributed by atoms with Gasteiger partial charge < -0.3 is 10.6 Å². The number of hydrogen-bond acceptors (Lipinski definition) is 3. The summed E-state index contributed by atoms with van der Waals surface area (Å²) >= 11 is 0. The zero-order valence-electron chi connectivity index (χ0n) is 11.1. The predicted octanol–water partition coefficient (Wildman–Crippen LogP) is 0.454. The summed E-state index contributed by atoms with van der Waals surface area (Å²) in [6, 6.07) is 10.0.